The number of carbonyl (C=O) groups is 1. The van der Waals surface area contributed by atoms with Gasteiger partial charge in [-0.05, 0) is 66.9 Å². The lowest BCUT2D eigenvalue weighted by Crippen LogP contribution is -2.35. The van der Waals surface area contributed by atoms with Gasteiger partial charge in [0.2, 0.25) is 10.0 Å². The number of hydrogen-bond donors (Lipinski definition) is 1. The fraction of sp³-hybridized carbons (Fsp3) is 0.261. The van der Waals surface area contributed by atoms with Gasteiger partial charge < -0.3 is 5.32 Å². The maximum absolute atomic E-state index is 13.0. The Kier molecular flexibility index (Phi) is 7.89. The molecule has 4 rings (SSSR count). The Balaban J connectivity index is 1.53. The van der Waals surface area contributed by atoms with Gasteiger partial charge in [0.15, 0.2) is 9.84 Å². The number of piperidine rings is 1. The van der Waals surface area contributed by atoms with Crippen molar-refractivity contribution in [3.8, 4) is 0 Å². The van der Waals surface area contributed by atoms with Crippen molar-refractivity contribution in [1.29, 1.82) is 0 Å². The summed E-state index contributed by atoms with van der Waals surface area (Å²) in [6.45, 7) is 0.998. The summed E-state index contributed by atoms with van der Waals surface area (Å²) in [5.74, 6) is -0.967. The molecular formula is C23H22Cl2N2O5S3. The second-order valence-corrected chi connectivity index (χ2v) is 14.4. The fourth-order valence-corrected chi connectivity index (χ4v) is 8.43. The standard InChI is InChI=1S/C23H22Cl2N2O5S3/c24-17-5-4-16(15-34(29,30)22-11-10-21(25)33-22)20(14-17)23(28)26-18-6-8-19(9-7-18)35(31,32)27-12-2-1-3-13-27/h4-11,14H,1-3,12-13,15H2,(H,26,28). The maximum atomic E-state index is 13.0. The van der Waals surface area contributed by atoms with Gasteiger partial charge in [-0.25, -0.2) is 16.8 Å². The Bertz CT molecular complexity index is 1450. The van der Waals surface area contributed by atoms with Crippen molar-refractivity contribution >= 4 is 66.0 Å². The molecule has 1 aliphatic heterocycles. The lowest BCUT2D eigenvalue weighted by Gasteiger charge is -2.25. The lowest BCUT2D eigenvalue weighted by molar-refractivity contribution is 0.102. The van der Waals surface area contributed by atoms with E-state index in [1.165, 1.54) is 58.9 Å². The molecule has 35 heavy (non-hydrogen) atoms. The highest BCUT2D eigenvalue weighted by Crippen LogP contribution is 2.30. The van der Waals surface area contributed by atoms with Crippen molar-refractivity contribution in [3.05, 3.63) is 75.1 Å². The largest absolute Gasteiger partial charge is 0.322 e. The number of thiophene rings is 1. The van der Waals surface area contributed by atoms with Crippen LogP contribution in [0.5, 0.6) is 0 Å². The van der Waals surface area contributed by atoms with Crippen LogP contribution in [0.1, 0.15) is 35.2 Å². The minimum absolute atomic E-state index is 0.105. The van der Waals surface area contributed by atoms with E-state index in [1.54, 1.807) is 0 Å². The lowest BCUT2D eigenvalue weighted by atomic mass is 10.1. The zero-order valence-electron chi connectivity index (χ0n) is 18.4. The van der Waals surface area contributed by atoms with Crippen molar-refractivity contribution in [1.82, 2.24) is 4.31 Å². The fourth-order valence-electron chi connectivity index (χ4n) is 3.79. The van der Waals surface area contributed by atoms with E-state index in [2.05, 4.69) is 5.32 Å². The van der Waals surface area contributed by atoms with Gasteiger partial charge in [-0.15, -0.1) is 11.3 Å². The molecule has 1 aromatic heterocycles. The molecule has 0 atom stereocenters. The zero-order valence-corrected chi connectivity index (χ0v) is 22.4. The summed E-state index contributed by atoms with van der Waals surface area (Å²) in [4.78, 5) is 13.2. The minimum Gasteiger partial charge on any atom is -0.322 e. The number of halogens is 2. The third kappa shape index (κ3) is 6.07. The summed E-state index contributed by atoms with van der Waals surface area (Å²) < 4.78 is 53.2. The van der Waals surface area contributed by atoms with E-state index in [1.807, 2.05) is 0 Å². The number of hydrogen-bond acceptors (Lipinski definition) is 6. The molecule has 1 saturated heterocycles. The summed E-state index contributed by atoms with van der Waals surface area (Å²) in [6.07, 6.45) is 2.69. The molecule has 1 fully saturated rings. The third-order valence-corrected chi connectivity index (χ3v) is 11.2. The second-order valence-electron chi connectivity index (χ2n) is 8.06. The SMILES string of the molecule is O=C(Nc1ccc(S(=O)(=O)N2CCCCC2)cc1)c1cc(Cl)ccc1CS(=O)(=O)c1ccc(Cl)s1. The number of sulfone groups is 1. The molecule has 0 spiro atoms. The normalized spacial score (nSPS) is 15.1. The quantitative estimate of drug-likeness (QED) is 0.405. The van der Waals surface area contributed by atoms with Crippen LogP contribution < -0.4 is 5.32 Å². The van der Waals surface area contributed by atoms with E-state index >= 15 is 0 Å². The Hall–Kier alpha value is -1.95. The highest BCUT2D eigenvalue weighted by Gasteiger charge is 2.26. The Morgan fingerprint density at radius 3 is 2.23 bits per heavy atom. The average molecular weight is 574 g/mol. The molecule has 186 valence electrons. The smallest absolute Gasteiger partial charge is 0.256 e. The van der Waals surface area contributed by atoms with Gasteiger partial charge in [-0.1, -0.05) is 35.7 Å². The molecule has 0 radical (unpaired) electrons. The Labute approximate surface area is 218 Å². The first-order valence-electron chi connectivity index (χ1n) is 10.7. The van der Waals surface area contributed by atoms with E-state index in [0.29, 0.717) is 23.1 Å². The molecule has 2 aromatic carbocycles. The summed E-state index contributed by atoms with van der Waals surface area (Å²) >= 11 is 12.9. The molecule has 1 amide bonds. The van der Waals surface area contributed by atoms with Gasteiger partial charge in [0.1, 0.15) is 4.21 Å². The first-order valence-corrected chi connectivity index (χ1v) is 15.4. The van der Waals surface area contributed by atoms with Crippen molar-refractivity contribution < 1.29 is 21.6 Å². The third-order valence-electron chi connectivity index (χ3n) is 5.58. The molecule has 0 saturated carbocycles. The van der Waals surface area contributed by atoms with E-state index < -0.39 is 31.5 Å². The number of carbonyl (C=O) groups excluding carboxylic acids is 1. The van der Waals surface area contributed by atoms with Crippen LogP contribution in [0.4, 0.5) is 5.69 Å². The molecule has 12 heteroatoms. The Morgan fingerprint density at radius 2 is 1.60 bits per heavy atom. The summed E-state index contributed by atoms with van der Waals surface area (Å²) in [6, 6.07) is 13.3. The van der Waals surface area contributed by atoms with Gasteiger partial charge in [0.25, 0.3) is 5.91 Å². The summed E-state index contributed by atoms with van der Waals surface area (Å²) in [5, 5.41) is 2.97. The number of anilines is 1. The number of sulfonamides is 1. The molecule has 1 N–H and O–H groups in total. The molecule has 7 nitrogen and oxygen atoms in total. The van der Waals surface area contributed by atoms with Crippen LogP contribution in [0.2, 0.25) is 9.36 Å². The number of nitrogens with one attached hydrogen (secondary N) is 1. The molecule has 0 unspecified atom stereocenters. The van der Waals surface area contributed by atoms with Crippen molar-refractivity contribution in [2.75, 3.05) is 18.4 Å². The van der Waals surface area contributed by atoms with E-state index in [4.69, 9.17) is 23.2 Å². The molecule has 2 heterocycles. The van der Waals surface area contributed by atoms with Gasteiger partial charge in [0, 0.05) is 29.4 Å². The van der Waals surface area contributed by atoms with Crippen molar-refractivity contribution in [3.63, 3.8) is 0 Å². The predicted octanol–water partition coefficient (Wildman–Crippen LogP) is 5.46. The minimum atomic E-state index is -3.73. The molecule has 0 bridgehead atoms. The number of amides is 1. The highest BCUT2D eigenvalue weighted by molar-refractivity contribution is 7.92. The van der Waals surface area contributed by atoms with Gasteiger partial charge in [0.05, 0.1) is 15.0 Å². The van der Waals surface area contributed by atoms with Gasteiger partial charge >= 0.3 is 0 Å². The highest BCUT2D eigenvalue weighted by atomic mass is 35.5. The zero-order chi connectivity index (χ0) is 25.2. The summed E-state index contributed by atoms with van der Waals surface area (Å²) in [7, 11) is -7.32. The molecule has 3 aromatic rings. The Morgan fingerprint density at radius 1 is 0.914 bits per heavy atom. The first-order chi connectivity index (χ1) is 16.6. The molecule has 1 aliphatic rings. The van der Waals surface area contributed by atoms with Crippen molar-refractivity contribution in [2.24, 2.45) is 0 Å². The van der Waals surface area contributed by atoms with Gasteiger partial charge in [-0.3, -0.25) is 4.79 Å². The number of benzene rings is 2. The van der Waals surface area contributed by atoms with Crippen LogP contribution >= 0.6 is 34.5 Å². The predicted molar refractivity (Wildman–Crippen MR) is 139 cm³/mol. The number of nitrogens with zero attached hydrogens (tertiary/aromatic N) is 1. The summed E-state index contributed by atoms with van der Waals surface area (Å²) in [5.41, 5.74) is 0.751. The average Bonchev–Trinajstić information content (AvgIpc) is 3.28. The van der Waals surface area contributed by atoms with E-state index in [-0.39, 0.29) is 25.3 Å². The molecule has 0 aliphatic carbocycles. The van der Waals surface area contributed by atoms with Crippen molar-refractivity contribution in [2.45, 2.75) is 34.1 Å². The van der Waals surface area contributed by atoms with Crippen LogP contribution in [-0.4, -0.2) is 40.1 Å². The monoisotopic (exact) mass is 572 g/mol. The van der Waals surface area contributed by atoms with Gasteiger partial charge in [-0.2, -0.15) is 4.31 Å². The van der Waals surface area contributed by atoms with E-state index in [0.717, 1.165) is 30.6 Å². The van der Waals surface area contributed by atoms with Crippen LogP contribution in [0, 0.1) is 0 Å². The van der Waals surface area contributed by atoms with E-state index in [9.17, 15) is 21.6 Å². The van der Waals surface area contributed by atoms with Crippen LogP contribution in [0.25, 0.3) is 0 Å². The first kappa shape index (κ1) is 26.1. The second kappa shape index (κ2) is 10.6. The topological polar surface area (TPSA) is 101 Å². The molecular weight excluding hydrogens is 551 g/mol. The maximum Gasteiger partial charge on any atom is 0.256 e. The van der Waals surface area contributed by atoms with Crippen LogP contribution in [0.15, 0.2) is 63.7 Å². The van der Waals surface area contributed by atoms with Crippen LogP contribution in [-0.2, 0) is 25.6 Å². The van der Waals surface area contributed by atoms with Crippen LogP contribution in [0.3, 0.4) is 0 Å². The number of rotatable bonds is 7.